The van der Waals surface area contributed by atoms with Gasteiger partial charge in [0.1, 0.15) is 0 Å². The number of benzene rings is 1. The van der Waals surface area contributed by atoms with Crippen LogP contribution in [-0.4, -0.2) is 11.1 Å². The van der Waals surface area contributed by atoms with Gasteiger partial charge in [0.15, 0.2) is 0 Å². The Morgan fingerprint density at radius 2 is 1.85 bits per heavy atom. The van der Waals surface area contributed by atoms with Gasteiger partial charge in [-0.1, -0.05) is 43.9 Å². The van der Waals surface area contributed by atoms with Crippen LogP contribution in [0.1, 0.15) is 55.8 Å². The van der Waals surface area contributed by atoms with Crippen molar-refractivity contribution in [2.45, 2.75) is 57.5 Å². The third-order valence-corrected chi connectivity index (χ3v) is 5.09. The van der Waals surface area contributed by atoms with Crippen LogP contribution in [0, 0.1) is 0 Å². The van der Waals surface area contributed by atoms with Crippen LogP contribution < -0.4 is 5.32 Å². The highest BCUT2D eigenvalue weighted by Crippen LogP contribution is 2.36. The topological polar surface area (TPSA) is 17.0 Å². The van der Waals surface area contributed by atoms with Crippen molar-refractivity contribution in [2.24, 2.45) is 0 Å². The van der Waals surface area contributed by atoms with Crippen molar-refractivity contribution in [2.75, 3.05) is 6.54 Å². The molecule has 2 nitrogen and oxygen atoms in total. The molecule has 0 saturated carbocycles. The number of aryl methyl sites for hydroxylation is 1. The standard InChI is InChI=1S/C18H24N2/c1-2-4-9-16-18-15(11-12-19-16)14-8-5-6-10-17(14)20(18)13-7-3-1/h5-6,8,10,16,19H,1-4,7,9,11-13H2. The second-order valence-electron chi connectivity index (χ2n) is 6.35. The summed E-state index contributed by atoms with van der Waals surface area (Å²) >= 11 is 0. The summed E-state index contributed by atoms with van der Waals surface area (Å²) < 4.78 is 2.63. The zero-order valence-electron chi connectivity index (χ0n) is 12.2. The Labute approximate surface area is 121 Å². The van der Waals surface area contributed by atoms with Gasteiger partial charge in [0.05, 0.1) is 0 Å². The summed E-state index contributed by atoms with van der Waals surface area (Å²) in [5, 5.41) is 5.28. The van der Waals surface area contributed by atoms with Crippen LogP contribution in [0.25, 0.3) is 10.9 Å². The second kappa shape index (κ2) is 5.25. The van der Waals surface area contributed by atoms with Gasteiger partial charge in [-0.3, -0.25) is 0 Å². The number of nitrogens with zero attached hydrogens (tertiary/aromatic N) is 1. The van der Waals surface area contributed by atoms with Crippen LogP contribution in [0.15, 0.2) is 24.3 Å². The van der Waals surface area contributed by atoms with E-state index in [1.165, 1.54) is 62.4 Å². The summed E-state index contributed by atoms with van der Waals surface area (Å²) in [6.07, 6.45) is 9.42. The number of nitrogens with one attached hydrogen (secondary N) is 1. The maximum atomic E-state index is 3.77. The SMILES string of the molecule is c1ccc2c(c1)c1c3n2CCCCCCCC3NCC1. The molecule has 1 atom stereocenters. The van der Waals surface area contributed by atoms with E-state index in [1.807, 2.05) is 0 Å². The molecule has 4 rings (SSSR count). The molecule has 2 aromatic rings. The van der Waals surface area contributed by atoms with Crippen molar-refractivity contribution in [3.63, 3.8) is 0 Å². The third kappa shape index (κ3) is 1.98. The van der Waals surface area contributed by atoms with Gasteiger partial charge in [0.25, 0.3) is 0 Å². The molecule has 0 amide bonds. The largest absolute Gasteiger partial charge is 0.343 e. The molecular formula is C18H24N2. The fourth-order valence-electron chi connectivity index (χ4n) is 4.15. The fraction of sp³-hybridized carbons (Fsp3) is 0.556. The normalized spacial score (nSPS) is 23.5. The highest BCUT2D eigenvalue weighted by atomic mass is 15.1. The number of aromatic nitrogens is 1. The van der Waals surface area contributed by atoms with Crippen molar-refractivity contribution < 1.29 is 0 Å². The first kappa shape index (κ1) is 12.5. The maximum absolute atomic E-state index is 3.77. The van der Waals surface area contributed by atoms with E-state index in [4.69, 9.17) is 0 Å². The van der Waals surface area contributed by atoms with Crippen molar-refractivity contribution >= 4 is 10.9 Å². The Hall–Kier alpha value is -1.28. The predicted molar refractivity (Wildman–Crippen MR) is 84.1 cm³/mol. The Balaban J connectivity index is 1.90. The van der Waals surface area contributed by atoms with Gasteiger partial charge in [0, 0.05) is 29.2 Å². The van der Waals surface area contributed by atoms with Gasteiger partial charge >= 0.3 is 0 Å². The van der Waals surface area contributed by atoms with Crippen molar-refractivity contribution in [1.29, 1.82) is 0 Å². The number of rotatable bonds is 0. The number of hydrogen-bond donors (Lipinski definition) is 1. The Morgan fingerprint density at radius 1 is 1.00 bits per heavy atom. The highest BCUT2D eigenvalue weighted by molar-refractivity contribution is 5.86. The summed E-state index contributed by atoms with van der Waals surface area (Å²) in [6.45, 7) is 2.35. The predicted octanol–water partition coefficient (Wildman–Crippen LogP) is 4.18. The van der Waals surface area contributed by atoms with Gasteiger partial charge in [-0.25, -0.2) is 0 Å². The molecule has 20 heavy (non-hydrogen) atoms. The Bertz CT molecular complexity index is 611. The number of fused-ring (bicyclic) bond motifs is 3. The molecule has 0 spiro atoms. The number of hydrogen-bond acceptors (Lipinski definition) is 1. The monoisotopic (exact) mass is 268 g/mol. The van der Waals surface area contributed by atoms with Crippen molar-refractivity contribution in [3.05, 3.63) is 35.5 Å². The zero-order valence-corrected chi connectivity index (χ0v) is 12.2. The summed E-state index contributed by atoms with van der Waals surface area (Å²) in [5.41, 5.74) is 4.70. The van der Waals surface area contributed by atoms with Crippen LogP contribution in [0.4, 0.5) is 0 Å². The lowest BCUT2D eigenvalue weighted by atomic mass is 9.94. The zero-order chi connectivity index (χ0) is 13.4. The molecule has 1 N–H and O–H groups in total. The van der Waals surface area contributed by atoms with E-state index in [9.17, 15) is 0 Å². The molecule has 2 aliphatic rings. The first-order valence-electron chi connectivity index (χ1n) is 8.28. The van der Waals surface area contributed by atoms with E-state index in [0.29, 0.717) is 6.04 Å². The third-order valence-electron chi connectivity index (χ3n) is 5.09. The highest BCUT2D eigenvalue weighted by Gasteiger charge is 2.26. The van der Waals surface area contributed by atoms with E-state index < -0.39 is 0 Å². The summed E-state index contributed by atoms with van der Waals surface area (Å²) in [4.78, 5) is 0. The summed E-state index contributed by atoms with van der Waals surface area (Å²) in [7, 11) is 0. The molecule has 1 aromatic carbocycles. The van der Waals surface area contributed by atoms with Crippen LogP contribution >= 0.6 is 0 Å². The van der Waals surface area contributed by atoms with Crippen LogP contribution in [0.3, 0.4) is 0 Å². The molecule has 0 saturated heterocycles. The molecular weight excluding hydrogens is 244 g/mol. The average Bonchev–Trinajstić information content (AvgIpc) is 2.82. The Morgan fingerprint density at radius 3 is 2.85 bits per heavy atom. The minimum atomic E-state index is 0.587. The molecule has 3 heterocycles. The molecule has 1 aromatic heterocycles. The lowest BCUT2D eigenvalue weighted by Gasteiger charge is -2.28. The van der Waals surface area contributed by atoms with Gasteiger partial charge in [0.2, 0.25) is 0 Å². The van der Waals surface area contributed by atoms with Crippen molar-refractivity contribution in [3.8, 4) is 0 Å². The van der Waals surface area contributed by atoms with E-state index >= 15 is 0 Å². The lowest BCUT2D eigenvalue weighted by molar-refractivity contribution is 0.408. The lowest BCUT2D eigenvalue weighted by Crippen LogP contribution is -2.31. The molecule has 2 aliphatic heterocycles. The molecule has 106 valence electrons. The summed E-state index contributed by atoms with van der Waals surface area (Å²) in [5.74, 6) is 0. The molecule has 0 bridgehead atoms. The maximum Gasteiger partial charge on any atom is 0.0485 e. The van der Waals surface area contributed by atoms with Gasteiger partial charge in [-0.2, -0.15) is 0 Å². The van der Waals surface area contributed by atoms with Gasteiger partial charge in [-0.15, -0.1) is 0 Å². The first-order valence-corrected chi connectivity index (χ1v) is 8.28. The quantitative estimate of drug-likeness (QED) is 0.758. The van der Waals surface area contributed by atoms with Crippen LogP contribution in [-0.2, 0) is 13.0 Å². The van der Waals surface area contributed by atoms with Gasteiger partial charge < -0.3 is 9.88 Å². The van der Waals surface area contributed by atoms with E-state index in [2.05, 4.69) is 34.1 Å². The Kier molecular flexibility index (Phi) is 3.27. The smallest absolute Gasteiger partial charge is 0.0485 e. The van der Waals surface area contributed by atoms with E-state index in [1.54, 1.807) is 11.3 Å². The first-order chi connectivity index (χ1) is 9.95. The number of para-hydroxylation sites is 1. The molecule has 2 heteroatoms. The second-order valence-corrected chi connectivity index (χ2v) is 6.35. The molecule has 0 aliphatic carbocycles. The minimum Gasteiger partial charge on any atom is -0.343 e. The average molecular weight is 268 g/mol. The van der Waals surface area contributed by atoms with Crippen LogP contribution in [0.2, 0.25) is 0 Å². The fourth-order valence-corrected chi connectivity index (χ4v) is 4.15. The van der Waals surface area contributed by atoms with Crippen molar-refractivity contribution in [1.82, 2.24) is 9.88 Å². The van der Waals surface area contributed by atoms with E-state index in [-0.39, 0.29) is 0 Å². The molecule has 0 fully saturated rings. The minimum absolute atomic E-state index is 0.587. The molecule has 1 unspecified atom stereocenters. The van der Waals surface area contributed by atoms with Crippen LogP contribution in [0.5, 0.6) is 0 Å². The molecule has 0 radical (unpaired) electrons. The van der Waals surface area contributed by atoms with Gasteiger partial charge in [-0.05, 0) is 37.4 Å². The summed E-state index contributed by atoms with van der Waals surface area (Å²) in [6, 6.07) is 9.62. The van der Waals surface area contributed by atoms with E-state index in [0.717, 1.165) is 6.54 Å².